The Morgan fingerprint density at radius 3 is 2.93 bits per heavy atom. The zero-order valence-electron chi connectivity index (χ0n) is 7.32. The summed E-state index contributed by atoms with van der Waals surface area (Å²) in [4.78, 5) is 28.7. The van der Waals surface area contributed by atoms with Crippen LogP contribution in [0.2, 0.25) is 5.02 Å². The van der Waals surface area contributed by atoms with E-state index in [0.29, 0.717) is 10.5 Å². The first kappa shape index (κ1) is 9.67. The topological polar surface area (TPSA) is 83.0 Å². The highest BCUT2D eigenvalue weighted by Crippen LogP contribution is 2.16. The molecule has 0 aromatic carbocycles. The minimum Gasteiger partial charge on any atom is -0.477 e. The van der Waals surface area contributed by atoms with Gasteiger partial charge in [-0.05, 0) is 6.07 Å². The zero-order chi connectivity index (χ0) is 11.0. The molecule has 6 heteroatoms. The summed E-state index contributed by atoms with van der Waals surface area (Å²) in [6.45, 7) is 0. The fourth-order valence-electron chi connectivity index (χ4n) is 1.24. The van der Waals surface area contributed by atoms with Gasteiger partial charge in [-0.25, -0.2) is 4.79 Å². The third kappa shape index (κ3) is 1.46. The molecule has 0 saturated carbocycles. The number of hydrogen-bond donors (Lipinski definition) is 2. The largest absolute Gasteiger partial charge is 0.477 e. The van der Waals surface area contributed by atoms with Crippen LogP contribution in [0.3, 0.4) is 0 Å². The Kier molecular flexibility index (Phi) is 2.17. The van der Waals surface area contributed by atoms with Gasteiger partial charge in [0.05, 0.1) is 10.5 Å². The van der Waals surface area contributed by atoms with Crippen molar-refractivity contribution in [3.05, 3.63) is 39.3 Å². The molecule has 5 nitrogen and oxygen atoms in total. The molecule has 0 bridgehead atoms. The van der Waals surface area contributed by atoms with E-state index >= 15 is 0 Å². The fourth-order valence-corrected chi connectivity index (χ4v) is 1.44. The number of nitrogens with zero attached hydrogens (tertiary/aromatic N) is 1. The van der Waals surface area contributed by atoms with Crippen molar-refractivity contribution in [3.8, 4) is 0 Å². The van der Waals surface area contributed by atoms with Crippen molar-refractivity contribution >= 4 is 28.6 Å². The molecule has 76 valence electrons. The molecule has 2 N–H and O–H groups in total. The number of aromatic amines is 1. The molecule has 2 aromatic rings. The van der Waals surface area contributed by atoms with Crippen molar-refractivity contribution in [2.24, 2.45) is 0 Å². The van der Waals surface area contributed by atoms with Crippen LogP contribution in [0.4, 0.5) is 0 Å². The van der Waals surface area contributed by atoms with Crippen LogP contribution < -0.4 is 5.43 Å². The molecule has 0 aliphatic carbocycles. The minimum atomic E-state index is -1.29. The van der Waals surface area contributed by atoms with E-state index < -0.39 is 11.4 Å². The normalized spacial score (nSPS) is 10.5. The summed E-state index contributed by atoms with van der Waals surface area (Å²) in [5.41, 5.74) is -0.618. The summed E-state index contributed by atoms with van der Waals surface area (Å²) in [6, 6.07) is 1.51. The molecule has 0 aliphatic heterocycles. The highest BCUT2D eigenvalue weighted by atomic mass is 35.5. The molecule has 0 fully saturated rings. The smallest absolute Gasteiger partial charge is 0.341 e. The van der Waals surface area contributed by atoms with Crippen molar-refractivity contribution < 1.29 is 9.90 Å². The van der Waals surface area contributed by atoms with Crippen LogP contribution >= 0.6 is 11.6 Å². The van der Waals surface area contributed by atoms with E-state index in [1.54, 1.807) is 0 Å². The van der Waals surface area contributed by atoms with Crippen molar-refractivity contribution in [1.29, 1.82) is 0 Å². The van der Waals surface area contributed by atoms with Crippen LogP contribution in [-0.2, 0) is 0 Å². The lowest BCUT2D eigenvalue weighted by Crippen LogP contribution is -2.16. The highest BCUT2D eigenvalue weighted by molar-refractivity contribution is 6.34. The Labute approximate surface area is 88.3 Å². The van der Waals surface area contributed by atoms with Gasteiger partial charge < -0.3 is 10.1 Å². The number of nitrogens with one attached hydrogen (secondary N) is 1. The lowest BCUT2D eigenvalue weighted by atomic mass is 10.2. The van der Waals surface area contributed by atoms with Gasteiger partial charge in [0.15, 0.2) is 0 Å². The van der Waals surface area contributed by atoms with E-state index in [1.807, 2.05) is 0 Å². The van der Waals surface area contributed by atoms with Gasteiger partial charge in [0, 0.05) is 12.4 Å². The number of H-pyrrole nitrogens is 1. The minimum absolute atomic E-state index is 0.0300. The number of aromatic carboxylic acids is 1. The first-order chi connectivity index (χ1) is 7.11. The average Bonchev–Trinajstić information content (AvgIpc) is 2.19. The van der Waals surface area contributed by atoms with Crippen LogP contribution in [0.15, 0.2) is 23.3 Å². The maximum Gasteiger partial charge on any atom is 0.341 e. The first-order valence-corrected chi connectivity index (χ1v) is 4.38. The van der Waals surface area contributed by atoms with E-state index in [1.165, 1.54) is 12.3 Å². The SMILES string of the molecule is O=C(O)c1c[nH]c2c(Cl)ccnc2c1=O. The second-order valence-electron chi connectivity index (χ2n) is 2.85. The van der Waals surface area contributed by atoms with E-state index in [4.69, 9.17) is 16.7 Å². The third-order valence-corrected chi connectivity index (χ3v) is 2.27. The van der Waals surface area contributed by atoms with Crippen LogP contribution in [0.1, 0.15) is 10.4 Å². The van der Waals surface area contributed by atoms with E-state index in [-0.39, 0.29) is 11.1 Å². The van der Waals surface area contributed by atoms with Crippen LogP contribution in [-0.4, -0.2) is 21.0 Å². The molecular weight excluding hydrogens is 220 g/mol. The Hall–Kier alpha value is -1.88. The van der Waals surface area contributed by atoms with Gasteiger partial charge >= 0.3 is 5.97 Å². The molecule has 2 rings (SSSR count). The van der Waals surface area contributed by atoms with Crippen molar-refractivity contribution in [2.75, 3.05) is 0 Å². The number of aromatic nitrogens is 2. The molecule has 15 heavy (non-hydrogen) atoms. The second kappa shape index (κ2) is 3.36. The predicted molar refractivity (Wildman–Crippen MR) is 54.3 cm³/mol. The summed E-state index contributed by atoms with van der Waals surface area (Å²) in [6.07, 6.45) is 2.46. The van der Waals surface area contributed by atoms with E-state index in [9.17, 15) is 9.59 Å². The van der Waals surface area contributed by atoms with Crippen molar-refractivity contribution in [2.45, 2.75) is 0 Å². The Bertz CT molecular complexity index is 606. The van der Waals surface area contributed by atoms with Gasteiger partial charge in [-0.3, -0.25) is 9.78 Å². The van der Waals surface area contributed by atoms with Gasteiger partial charge in [0.1, 0.15) is 11.1 Å². The molecule has 0 saturated heterocycles. The summed E-state index contributed by atoms with van der Waals surface area (Å²) in [5.74, 6) is -1.29. The van der Waals surface area contributed by atoms with Crippen molar-refractivity contribution in [1.82, 2.24) is 9.97 Å². The van der Waals surface area contributed by atoms with Gasteiger partial charge in [0.25, 0.3) is 0 Å². The van der Waals surface area contributed by atoms with E-state index in [2.05, 4.69) is 9.97 Å². The number of rotatable bonds is 1. The lowest BCUT2D eigenvalue weighted by Gasteiger charge is -1.99. The van der Waals surface area contributed by atoms with Gasteiger partial charge in [-0.15, -0.1) is 0 Å². The monoisotopic (exact) mass is 224 g/mol. The number of pyridine rings is 2. The Morgan fingerprint density at radius 1 is 1.53 bits per heavy atom. The quantitative estimate of drug-likeness (QED) is 0.764. The number of carboxylic acids is 1. The van der Waals surface area contributed by atoms with E-state index in [0.717, 1.165) is 6.20 Å². The molecule has 2 aromatic heterocycles. The van der Waals surface area contributed by atoms with Crippen LogP contribution in [0, 0.1) is 0 Å². The molecule has 0 atom stereocenters. The lowest BCUT2D eigenvalue weighted by molar-refractivity contribution is 0.0695. The maximum absolute atomic E-state index is 11.6. The Balaban J connectivity index is 2.92. The molecule has 2 heterocycles. The highest BCUT2D eigenvalue weighted by Gasteiger charge is 2.13. The third-order valence-electron chi connectivity index (χ3n) is 1.95. The summed E-state index contributed by atoms with van der Waals surface area (Å²) >= 11 is 5.80. The maximum atomic E-state index is 11.6. The molecule has 0 spiro atoms. The summed E-state index contributed by atoms with van der Waals surface area (Å²) in [7, 11) is 0. The zero-order valence-corrected chi connectivity index (χ0v) is 8.08. The second-order valence-corrected chi connectivity index (χ2v) is 3.26. The summed E-state index contributed by atoms with van der Waals surface area (Å²) in [5, 5.41) is 9.04. The van der Waals surface area contributed by atoms with Gasteiger partial charge in [0.2, 0.25) is 5.43 Å². The van der Waals surface area contributed by atoms with Gasteiger partial charge in [-0.2, -0.15) is 0 Å². The predicted octanol–water partition coefficient (Wildman–Crippen LogP) is 1.27. The van der Waals surface area contributed by atoms with Gasteiger partial charge in [-0.1, -0.05) is 11.6 Å². The number of hydrogen-bond acceptors (Lipinski definition) is 3. The van der Waals surface area contributed by atoms with Crippen LogP contribution in [0.5, 0.6) is 0 Å². The number of halogens is 1. The molecule has 0 radical (unpaired) electrons. The molecule has 0 aliphatic rings. The molecular formula is C9H5ClN2O3. The number of carboxylic acid groups (broad SMARTS) is 1. The average molecular weight is 225 g/mol. The molecule has 0 unspecified atom stereocenters. The molecule has 0 amide bonds. The number of fused-ring (bicyclic) bond motifs is 1. The van der Waals surface area contributed by atoms with Crippen molar-refractivity contribution in [3.63, 3.8) is 0 Å². The van der Waals surface area contributed by atoms with Crippen LogP contribution in [0.25, 0.3) is 11.0 Å². The Morgan fingerprint density at radius 2 is 2.27 bits per heavy atom. The standard InChI is InChI=1S/C9H5ClN2O3/c10-5-1-2-11-7-6(5)12-3-4(8(7)13)9(14)15/h1-3H,(H,12,13)(H,14,15). The fraction of sp³-hybridized carbons (Fsp3) is 0. The number of carbonyl (C=O) groups is 1. The summed E-state index contributed by atoms with van der Waals surface area (Å²) < 4.78 is 0. The first-order valence-electron chi connectivity index (χ1n) is 4.00.